The van der Waals surface area contributed by atoms with E-state index in [1.165, 1.54) is 0 Å². The van der Waals surface area contributed by atoms with E-state index in [4.69, 9.17) is 23.7 Å². The average molecular weight is 467 g/mol. The maximum absolute atomic E-state index is 6.05. The van der Waals surface area contributed by atoms with Crippen molar-refractivity contribution in [2.75, 3.05) is 55.6 Å². The number of hydrogen-bond donors (Lipinski definition) is 0. The van der Waals surface area contributed by atoms with E-state index in [-0.39, 0.29) is 36.4 Å². The second-order valence-corrected chi connectivity index (χ2v) is 6.98. The molecule has 0 aliphatic carbocycles. The van der Waals surface area contributed by atoms with Gasteiger partial charge >= 0.3 is 0 Å². The predicted molar refractivity (Wildman–Crippen MR) is 91.8 cm³/mol. The third kappa shape index (κ3) is 6.16. The van der Waals surface area contributed by atoms with Crippen molar-refractivity contribution in [1.82, 2.24) is 0 Å². The minimum absolute atomic E-state index is 0. The Morgan fingerprint density at radius 3 is 2.08 bits per heavy atom. The van der Waals surface area contributed by atoms with Gasteiger partial charge in [-0.15, -0.1) is 0 Å². The first-order valence-electron chi connectivity index (χ1n) is 8.25. The van der Waals surface area contributed by atoms with Gasteiger partial charge in [-0.25, -0.2) is 0 Å². The van der Waals surface area contributed by atoms with Gasteiger partial charge in [-0.1, -0.05) is 0 Å². The summed E-state index contributed by atoms with van der Waals surface area (Å²) in [5, 5.41) is 0. The number of hydrogen-bond acceptors (Lipinski definition) is 5. The molecule has 0 bridgehead atoms. The molecule has 2 rings (SSSR count). The lowest BCUT2D eigenvalue weighted by Crippen LogP contribution is -3.00. The van der Waals surface area contributed by atoms with Crippen molar-refractivity contribution in [2.45, 2.75) is 25.2 Å². The molecule has 1 aromatic rings. The third-order valence-electron chi connectivity index (χ3n) is 4.11. The molecular formula is C18H30INO5. The van der Waals surface area contributed by atoms with Crippen LogP contribution in [0, 0.1) is 0 Å². The highest BCUT2D eigenvalue weighted by atomic mass is 127. The van der Waals surface area contributed by atoms with E-state index in [2.05, 4.69) is 21.1 Å². The van der Waals surface area contributed by atoms with Crippen LogP contribution in [0.4, 0.5) is 0 Å². The van der Waals surface area contributed by atoms with E-state index in [1.807, 2.05) is 12.1 Å². The lowest BCUT2D eigenvalue weighted by Gasteiger charge is -2.24. The molecule has 1 heterocycles. The molecule has 144 valence electrons. The number of methoxy groups -OCH3 is 3. The smallest absolute Gasteiger partial charge is 0.203 e. The normalized spacial score (nSPS) is 20.1. The van der Waals surface area contributed by atoms with Crippen LogP contribution in [0.2, 0.25) is 0 Å². The Morgan fingerprint density at radius 2 is 1.60 bits per heavy atom. The van der Waals surface area contributed by atoms with Gasteiger partial charge in [0.15, 0.2) is 17.8 Å². The number of rotatable bonds is 8. The van der Waals surface area contributed by atoms with Crippen molar-refractivity contribution in [1.29, 1.82) is 0 Å². The minimum Gasteiger partial charge on any atom is -1.00 e. The van der Waals surface area contributed by atoms with Gasteiger partial charge in [-0.3, -0.25) is 0 Å². The number of ether oxygens (including phenoxy) is 5. The highest BCUT2D eigenvalue weighted by Crippen LogP contribution is 2.43. The summed E-state index contributed by atoms with van der Waals surface area (Å²) >= 11 is 0. The van der Waals surface area contributed by atoms with Gasteiger partial charge < -0.3 is 52.1 Å². The summed E-state index contributed by atoms with van der Waals surface area (Å²) in [7, 11) is 11.3. The molecule has 2 atom stereocenters. The van der Waals surface area contributed by atoms with Gasteiger partial charge in [0.25, 0.3) is 0 Å². The molecule has 0 spiro atoms. The maximum Gasteiger partial charge on any atom is 0.203 e. The summed E-state index contributed by atoms with van der Waals surface area (Å²) in [5.41, 5.74) is 1.02. The summed E-state index contributed by atoms with van der Waals surface area (Å²) in [6.07, 6.45) is 1.63. The number of quaternary nitrogens is 1. The Labute approximate surface area is 167 Å². The van der Waals surface area contributed by atoms with Crippen molar-refractivity contribution in [3.63, 3.8) is 0 Å². The number of halogens is 1. The van der Waals surface area contributed by atoms with Crippen LogP contribution < -0.4 is 38.2 Å². The molecule has 6 nitrogen and oxygen atoms in total. The van der Waals surface area contributed by atoms with E-state index in [0.717, 1.165) is 29.4 Å². The summed E-state index contributed by atoms with van der Waals surface area (Å²) in [6.45, 7) is 1.64. The van der Waals surface area contributed by atoms with Crippen LogP contribution in [-0.2, 0) is 9.47 Å². The largest absolute Gasteiger partial charge is 1.00 e. The van der Waals surface area contributed by atoms with Crippen LogP contribution in [-0.4, -0.2) is 66.4 Å². The van der Waals surface area contributed by atoms with Crippen LogP contribution in [0.5, 0.6) is 17.2 Å². The number of nitrogens with zero attached hydrogens (tertiary/aromatic N) is 1. The molecule has 2 unspecified atom stereocenters. The highest BCUT2D eigenvalue weighted by Gasteiger charge is 2.29. The highest BCUT2D eigenvalue weighted by molar-refractivity contribution is 5.54. The van der Waals surface area contributed by atoms with Gasteiger partial charge in [-0.05, 0) is 24.1 Å². The van der Waals surface area contributed by atoms with Crippen LogP contribution in [0.1, 0.15) is 24.5 Å². The van der Waals surface area contributed by atoms with Gasteiger partial charge in [0.05, 0.1) is 55.2 Å². The molecule has 1 aliphatic heterocycles. The second kappa shape index (κ2) is 9.80. The molecular weight excluding hydrogens is 437 g/mol. The first-order chi connectivity index (χ1) is 11.4. The zero-order chi connectivity index (χ0) is 17.7. The molecule has 1 fully saturated rings. The number of likely N-dealkylation sites (N-methyl/N-ethyl adjacent to an activating group) is 1. The van der Waals surface area contributed by atoms with Crippen LogP contribution in [0.3, 0.4) is 0 Å². The molecule has 7 heteroatoms. The minimum atomic E-state index is -0.152. The van der Waals surface area contributed by atoms with E-state index in [0.29, 0.717) is 23.9 Å². The first kappa shape index (κ1) is 22.3. The SMILES string of the molecule is COc1cc(C2CCC(OCC[N+](C)(C)C)O2)cc(OC)c1OC.[I-]. The average Bonchev–Trinajstić information content (AvgIpc) is 3.01. The van der Waals surface area contributed by atoms with E-state index >= 15 is 0 Å². The summed E-state index contributed by atoms with van der Waals surface area (Å²) < 4.78 is 29.0. The van der Waals surface area contributed by atoms with E-state index in [9.17, 15) is 0 Å². The Bertz CT molecular complexity index is 522. The fraction of sp³-hybridized carbons (Fsp3) is 0.667. The molecule has 0 saturated carbocycles. The zero-order valence-corrected chi connectivity index (χ0v) is 18.2. The molecule has 0 aromatic heterocycles. The van der Waals surface area contributed by atoms with Crippen LogP contribution >= 0.6 is 0 Å². The van der Waals surface area contributed by atoms with Crippen LogP contribution in [0.25, 0.3) is 0 Å². The monoisotopic (exact) mass is 467 g/mol. The Hall–Kier alpha value is -0.770. The Balaban J connectivity index is 0.00000312. The van der Waals surface area contributed by atoms with Gasteiger partial charge in [0, 0.05) is 6.42 Å². The molecule has 1 aromatic carbocycles. The fourth-order valence-corrected chi connectivity index (χ4v) is 2.72. The topological polar surface area (TPSA) is 46.2 Å². The molecule has 25 heavy (non-hydrogen) atoms. The maximum atomic E-state index is 6.05. The standard InChI is InChI=1S/C18H30NO5.HI/c1-19(2,3)9-10-23-17-8-7-14(24-17)13-11-15(20-4)18(22-6)16(12-13)21-5;/h11-12,14,17H,7-10H2,1-6H3;1H/q+1;/p-1. The van der Waals surface area contributed by atoms with E-state index < -0.39 is 0 Å². The third-order valence-corrected chi connectivity index (χ3v) is 4.11. The molecule has 0 amide bonds. The molecule has 1 saturated heterocycles. The number of benzene rings is 1. The van der Waals surface area contributed by atoms with Crippen molar-refractivity contribution >= 4 is 0 Å². The van der Waals surface area contributed by atoms with Crippen molar-refractivity contribution in [3.05, 3.63) is 17.7 Å². The Kier molecular flexibility index (Phi) is 8.73. The van der Waals surface area contributed by atoms with Crippen LogP contribution in [0.15, 0.2) is 12.1 Å². The summed E-state index contributed by atoms with van der Waals surface area (Å²) in [6, 6.07) is 3.89. The quantitative estimate of drug-likeness (QED) is 0.386. The first-order valence-corrected chi connectivity index (χ1v) is 8.25. The molecule has 1 aliphatic rings. The predicted octanol–water partition coefficient (Wildman–Crippen LogP) is -0.383. The van der Waals surface area contributed by atoms with Crippen molar-refractivity contribution in [2.24, 2.45) is 0 Å². The van der Waals surface area contributed by atoms with Gasteiger partial charge in [0.1, 0.15) is 6.54 Å². The second-order valence-electron chi connectivity index (χ2n) is 6.98. The summed E-state index contributed by atoms with van der Waals surface area (Å²) in [4.78, 5) is 0. The molecule has 0 radical (unpaired) electrons. The van der Waals surface area contributed by atoms with Gasteiger partial charge in [0.2, 0.25) is 5.75 Å². The van der Waals surface area contributed by atoms with Gasteiger partial charge in [-0.2, -0.15) is 0 Å². The fourth-order valence-electron chi connectivity index (χ4n) is 2.72. The zero-order valence-electron chi connectivity index (χ0n) is 16.0. The van der Waals surface area contributed by atoms with Crippen molar-refractivity contribution in [3.8, 4) is 17.2 Å². The summed E-state index contributed by atoms with van der Waals surface area (Å²) in [5.74, 6) is 1.88. The lowest BCUT2D eigenvalue weighted by molar-refractivity contribution is -0.871. The molecule has 0 N–H and O–H groups in total. The van der Waals surface area contributed by atoms with E-state index in [1.54, 1.807) is 21.3 Å². The lowest BCUT2D eigenvalue weighted by atomic mass is 10.1. The van der Waals surface area contributed by atoms with Crippen molar-refractivity contribution < 1.29 is 52.1 Å². The Morgan fingerprint density at radius 1 is 1.00 bits per heavy atom.